The lowest BCUT2D eigenvalue weighted by Crippen LogP contribution is -2.62. The second-order valence-corrected chi connectivity index (χ2v) is 10.1. The Morgan fingerprint density at radius 1 is 1.11 bits per heavy atom. The minimum atomic E-state index is -2.87. The van der Waals surface area contributed by atoms with Crippen LogP contribution >= 0.6 is 0 Å². The van der Waals surface area contributed by atoms with Crippen molar-refractivity contribution in [3.8, 4) is 17.1 Å². The molecule has 1 aromatic heterocycles. The molecule has 38 heavy (non-hydrogen) atoms. The normalized spacial score (nSPS) is 28.8. The number of furan rings is 1. The number of nitrogens with two attached hydrogens (primary N) is 1. The van der Waals surface area contributed by atoms with Crippen molar-refractivity contribution in [2.24, 2.45) is 17.6 Å². The molecule has 0 saturated heterocycles. The van der Waals surface area contributed by atoms with Gasteiger partial charge in [-0.2, -0.15) is 0 Å². The maximum absolute atomic E-state index is 13.8. The van der Waals surface area contributed by atoms with Gasteiger partial charge in [0.15, 0.2) is 11.4 Å². The Balaban J connectivity index is 1.55. The summed E-state index contributed by atoms with van der Waals surface area (Å²) in [4.78, 5) is 38.8. The number of para-hydroxylation sites is 1. The van der Waals surface area contributed by atoms with Gasteiger partial charge in [-0.15, -0.1) is 0 Å². The van der Waals surface area contributed by atoms with Crippen molar-refractivity contribution in [2.75, 3.05) is 0 Å². The number of carbonyl (C=O) groups excluding carboxylic acids is 3. The lowest BCUT2D eigenvalue weighted by Gasteiger charge is -2.50. The monoisotopic (exact) mass is 517 g/mol. The van der Waals surface area contributed by atoms with Crippen molar-refractivity contribution < 1.29 is 44.3 Å². The van der Waals surface area contributed by atoms with Crippen molar-refractivity contribution in [1.29, 1.82) is 0 Å². The van der Waals surface area contributed by atoms with E-state index in [-0.39, 0.29) is 11.1 Å². The maximum atomic E-state index is 13.8. The summed E-state index contributed by atoms with van der Waals surface area (Å²) >= 11 is 0. The topological polar surface area (TPSA) is 192 Å². The lowest BCUT2D eigenvalue weighted by molar-refractivity contribution is -0.154. The number of amides is 1. The van der Waals surface area contributed by atoms with Crippen LogP contribution in [0, 0.1) is 11.8 Å². The Hall–Kier alpha value is -4.41. The highest BCUT2D eigenvalue weighted by Gasteiger charge is 2.64. The van der Waals surface area contributed by atoms with Gasteiger partial charge in [0.25, 0.3) is 5.91 Å². The molecule has 1 heterocycles. The zero-order valence-electron chi connectivity index (χ0n) is 20.0. The summed E-state index contributed by atoms with van der Waals surface area (Å²) in [6.45, 7) is 1.67. The summed E-state index contributed by atoms with van der Waals surface area (Å²) in [5.74, 6) is -8.69. The number of aliphatic hydroxyl groups is 4. The average Bonchev–Trinajstić information content (AvgIpc) is 3.30. The molecule has 0 fully saturated rings. The summed E-state index contributed by atoms with van der Waals surface area (Å²) in [5, 5.41) is 56.3. The van der Waals surface area contributed by atoms with Gasteiger partial charge in [0.1, 0.15) is 34.2 Å². The Kier molecular flexibility index (Phi) is 4.91. The number of fused-ring (bicyclic) bond motifs is 4. The third-order valence-electron chi connectivity index (χ3n) is 8.19. The van der Waals surface area contributed by atoms with Crippen LogP contribution in [0.15, 0.2) is 69.5 Å². The average molecular weight is 517 g/mol. The molecule has 10 heteroatoms. The number of ketones is 2. The summed E-state index contributed by atoms with van der Waals surface area (Å²) in [6.07, 6.45) is -2.10. The first-order chi connectivity index (χ1) is 18.0. The quantitative estimate of drug-likeness (QED) is 0.277. The second-order valence-electron chi connectivity index (χ2n) is 10.1. The molecule has 0 aliphatic heterocycles. The number of Topliss-reactive ketones (excluding diaryl/α,β-unsaturated/α-hetero) is 2. The van der Waals surface area contributed by atoms with Crippen molar-refractivity contribution in [1.82, 2.24) is 0 Å². The third kappa shape index (κ3) is 2.86. The van der Waals surface area contributed by atoms with Gasteiger partial charge >= 0.3 is 0 Å². The fourth-order valence-electron chi connectivity index (χ4n) is 6.31. The van der Waals surface area contributed by atoms with Crippen LogP contribution in [-0.4, -0.2) is 54.7 Å². The Morgan fingerprint density at radius 3 is 2.50 bits per heavy atom. The lowest BCUT2D eigenvalue weighted by atomic mass is 9.56. The molecule has 3 aliphatic rings. The van der Waals surface area contributed by atoms with Crippen LogP contribution in [0.1, 0.15) is 35.2 Å². The molecule has 10 nitrogen and oxygen atoms in total. The van der Waals surface area contributed by atoms with Gasteiger partial charge in [-0.3, -0.25) is 14.4 Å². The van der Waals surface area contributed by atoms with Crippen LogP contribution in [0.4, 0.5) is 0 Å². The SMILES string of the molecule is C[C@H]1c2ccc(-c3cc4ccccc4o3)c(O)c2C(=O)C2=C(O)[C@]3(O)C(=O)C(C(N)=O)=C(O)C[C@@H]3[C@@H](O)[C@@H]21. The van der Waals surface area contributed by atoms with E-state index in [1.165, 1.54) is 0 Å². The van der Waals surface area contributed by atoms with Gasteiger partial charge < -0.3 is 35.7 Å². The minimum absolute atomic E-state index is 0.167. The molecular formula is C28H23NO9. The van der Waals surface area contributed by atoms with Crippen LogP contribution in [0.5, 0.6) is 5.75 Å². The first kappa shape index (κ1) is 24.0. The zero-order valence-corrected chi connectivity index (χ0v) is 20.0. The van der Waals surface area contributed by atoms with Crippen LogP contribution in [0.3, 0.4) is 0 Å². The standard InChI is InChI=1S/C28H23NO9/c1-10-12-6-7-13(17-8-11-4-2-3-5-16(11)38-17)22(31)19(12)24(33)21-18(10)23(32)14-9-15(30)20(27(29)36)25(34)28(14,37)26(21)35/h2-8,10,14,18,23,30-32,35,37H,9H2,1H3,(H2,29,36)/t10-,14+,18+,23+,28+/m0/s1. The number of aromatic hydroxyl groups is 1. The Morgan fingerprint density at radius 2 is 1.82 bits per heavy atom. The molecule has 5 atom stereocenters. The van der Waals surface area contributed by atoms with Crippen LogP contribution in [-0.2, 0) is 9.59 Å². The van der Waals surface area contributed by atoms with E-state index in [4.69, 9.17) is 10.2 Å². The molecule has 0 saturated carbocycles. The molecule has 3 aromatic rings. The minimum Gasteiger partial charge on any atom is -0.511 e. The molecule has 0 radical (unpaired) electrons. The smallest absolute Gasteiger partial charge is 0.255 e. The van der Waals surface area contributed by atoms with Gasteiger partial charge in [-0.05, 0) is 29.7 Å². The fourth-order valence-corrected chi connectivity index (χ4v) is 6.31. The number of allylic oxidation sites excluding steroid dienone is 1. The molecule has 0 bridgehead atoms. The van der Waals surface area contributed by atoms with E-state index in [0.717, 1.165) is 5.39 Å². The number of benzene rings is 2. The Bertz CT molecular complexity index is 1630. The largest absolute Gasteiger partial charge is 0.511 e. The number of hydrogen-bond acceptors (Lipinski definition) is 9. The number of hydrogen-bond donors (Lipinski definition) is 6. The van der Waals surface area contributed by atoms with Crippen LogP contribution in [0.25, 0.3) is 22.3 Å². The highest BCUT2D eigenvalue weighted by molar-refractivity contribution is 6.24. The first-order valence-electron chi connectivity index (χ1n) is 12.0. The fraction of sp³-hybridized carbons (Fsp3) is 0.250. The van der Waals surface area contributed by atoms with Gasteiger partial charge in [0.05, 0.1) is 17.2 Å². The second kappa shape index (κ2) is 7.80. The van der Waals surface area contributed by atoms with Crippen LogP contribution in [0.2, 0.25) is 0 Å². The van der Waals surface area contributed by atoms with Gasteiger partial charge in [0.2, 0.25) is 5.78 Å². The van der Waals surface area contributed by atoms with Crippen molar-refractivity contribution >= 4 is 28.4 Å². The summed E-state index contributed by atoms with van der Waals surface area (Å²) in [6, 6.07) is 12.1. The number of rotatable bonds is 2. The highest BCUT2D eigenvalue weighted by atomic mass is 16.4. The van der Waals surface area contributed by atoms with Crippen molar-refractivity contribution in [2.45, 2.75) is 31.0 Å². The van der Waals surface area contributed by atoms with E-state index in [9.17, 15) is 39.9 Å². The van der Waals surface area contributed by atoms with E-state index in [0.29, 0.717) is 16.9 Å². The van der Waals surface area contributed by atoms with Crippen molar-refractivity contribution in [3.05, 3.63) is 76.3 Å². The number of aliphatic hydroxyl groups excluding tert-OH is 3. The molecule has 2 aromatic carbocycles. The molecule has 0 spiro atoms. The van der Waals surface area contributed by atoms with Gasteiger partial charge in [-0.1, -0.05) is 31.2 Å². The summed E-state index contributed by atoms with van der Waals surface area (Å²) in [7, 11) is 0. The number of primary amides is 1. The summed E-state index contributed by atoms with van der Waals surface area (Å²) < 4.78 is 5.85. The molecule has 1 amide bonds. The van der Waals surface area contributed by atoms with E-state index in [2.05, 4.69) is 0 Å². The predicted molar refractivity (Wildman–Crippen MR) is 132 cm³/mol. The molecular weight excluding hydrogens is 494 g/mol. The van der Waals surface area contributed by atoms with Gasteiger partial charge in [0, 0.05) is 29.2 Å². The van der Waals surface area contributed by atoms with Crippen LogP contribution < -0.4 is 5.73 Å². The maximum Gasteiger partial charge on any atom is 0.255 e. The summed E-state index contributed by atoms with van der Waals surface area (Å²) in [5.41, 5.74) is 1.98. The van der Waals surface area contributed by atoms with Crippen molar-refractivity contribution in [3.63, 3.8) is 0 Å². The first-order valence-corrected chi connectivity index (χ1v) is 12.0. The number of carbonyl (C=O) groups is 3. The van der Waals surface area contributed by atoms with E-state index in [1.54, 1.807) is 37.3 Å². The zero-order chi connectivity index (χ0) is 27.3. The van der Waals surface area contributed by atoms with E-state index >= 15 is 0 Å². The van der Waals surface area contributed by atoms with E-state index < -0.39 is 81.8 Å². The third-order valence-corrected chi connectivity index (χ3v) is 8.19. The highest BCUT2D eigenvalue weighted by Crippen LogP contribution is 2.55. The molecule has 6 rings (SSSR count). The van der Waals surface area contributed by atoms with Gasteiger partial charge in [-0.25, -0.2) is 0 Å². The number of phenols is 1. The van der Waals surface area contributed by atoms with E-state index in [1.807, 2.05) is 12.1 Å². The predicted octanol–water partition coefficient (Wildman–Crippen LogP) is 2.53. The number of phenolic OH excluding ortho intramolecular Hbond substituents is 1. The molecule has 194 valence electrons. The molecule has 0 unspecified atom stereocenters. The molecule has 7 N–H and O–H groups in total. The Labute approximate surface area is 214 Å². The molecule has 3 aliphatic carbocycles.